The van der Waals surface area contributed by atoms with Crippen LogP contribution in [0.3, 0.4) is 0 Å². The molecule has 0 bridgehead atoms. The van der Waals surface area contributed by atoms with Crippen molar-refractivity contribution in [3.8, 4) is 0 Å². The minimum atomic E-state index is -4.03. The zero-order valence-corrected chi connectivity index (χ0v) is 12.9. The molecule has 1 aromatic heterocycles. The van der Waals surface area contributed by atoms with Crippen LogP contribution in [0.25, 0.3) is 0 Å². The van der Waals surface area contributed by atoms with Crippen LogP contribution in [0.4, 0.5) is 10.1 Å². The summed E-state index contributed by atoms with van der Waals surface area (Å²) in [7, 11) is -2.37. The minimum absolute atomic E-state index is 0.302. The Morgan fingerprint density at radius 3 is 2.67 bits per heavy atom. The average molecular weight is 328 g/mol. The summed E-state index contributed by atoms with van der Waals surface area (Å²) in [6.07, 6.45) is 1.51. The lowest BCUT2D eigenvalue weighted by molar-refractivity contribution is 0.594. The number of anilines is 1. The van der Waals surface area contributed by atoms with Gasteiger partial charge in [0.25, 0.3) is 10.0 Å². The molecule has 0 spiro atoms. The summed E-state index contributed by atoms with van der Waals surface area (Å²) in [5.41, 5.74) is 5.91. The largest absolute Gasteiger partial charge is 0.389 e. The fourth-order valence-corrected chi connectivity index (χ4v) is 3.47. The highest BCUT2D eigenvalue weighted by Gasteiger charge is 2.23. The van der Waals surface area contributed by atoms with E-state index in [0.717, 1.165) is 6.07 Å². The first-order chi connectivity index (χ1) is 9.72. The normalized spacial score (nSPS) is 11.4. The Bertz CT molecular complexity index is 815. The Labute approximate surface area is 126 Å². The Morgan fingerprint density at radius 1 is 1.48 bits per heavy atom. The molecule has 0 aliphatic heterocycles. The topological polar surface area (TPSA) is 90.0 Å². The Balaban J connectivity index is 2.53. The SMILES string of the molecule is Cc1nn(C)cc1NS(=O)(=O)c1cccc(F)c1C(N)=S. The number of sulfonamides is 1. The van der Waals surface area contributed by atoms with E-state index in [4.69, 9.17) is 18.0 Å². The average Bonchev–Trinajstić information content (AvgIpc) is 2.66. The predicted molar refractivity (Wildman–Crippen MR) is 81.0 cm³/mol. The van der Waals surface area contributed by atoms with E-state index in [-0.39, 0.29) is 15.4 Å². The van der Waals surface area contributed by atoms with E-state index in [2.05, 4.69) is 9.82 Å². The number of nitrogens with one attached hydrogen (secondary N) is 1. The van der Waals surface area contributed by atoms with E-state index in [0.29, 0.717) is 11.4 Å². The van der Waals surface area contributed by atoms with Crippen molar-refractivity contribution >= 4 is 32.9 Å². The first-order valence-electron chi connectivity index (χ1n) is 5.84. The maximum atomic E-state index is 13.8. The maximum Gasteiger partial charge on any atom is 0.262 e. The van der Waals surface area contributed by atoms with Crippen LogP contribution in [0, 0.1) is 12.7 Å². The van der Waals surface area contributed by atoms with Crippen molar-refractivity contribution in [2.75, 3.05) is 4.72 Å². The lowest BCUT2D eigenvalue weighted by Crippen LogP contribution is -2.21. The summed E-state index contributed by atoms with van der Waals surface area (Å²) in [5.74, 6) is -0.784. The Kier molecular flexibility index (Phi) is 3.97. The van der Waals surface area contributed by atoms with E-state index < -0.39 is 15.8 Å². The van der Waals surface area contributed by atoms with Crippen LogP contribution >= 0.6 is 12.2 Å². The second-order valence-electron chi connectivity index (χ2n) is 4.38. The lowest BCUT2D eigenvalue weighted by atomic mass is 10.2. The number of thiocarbonyl (C=S) groups is 1. The van der Waals surface area contributed by atoms with Gasteiger partial charge in [-0.25, -0.2) is 12.8 Å². The van der Waals surface area contributed by atoms with Gasteiger partial charge in [0.15, 0.2) is 0 Å². The third kappa shape index (κ3) is 3.03. The molecule has 1 aromatic carbocycles. The number of aromatic nitrogens is 2. The summed E-state index contributed by atoms with van der Waals surface area (Å²) < 4.78 is 42.4. The van der Waals surface area contributed by atoms with E-state index in [1.54, 1.807) is 14.0 Å². The third-order valence-corrected chi connectivity index (χ3v) is 4.38. The van der Waals surface area contributed by atoms with Gasteiger partial charge in [-0.1, -0.05) is 18.3 Å². The summed E-state index contributed by atoms with van der Waals surface area (Å²) in [5, 5.41) is 4.03. The van der Waals surface area contributed by atoms with Gasteiger partial charge in [-0.2, -0.15) is 5.10 Å². The summed E-state index contributed by atoms with van der Waals surface area (Å²) in [6.45, 7) is 1.65. The number of nitrogens with two attached hydrogens (primary N) is 1. The molecular weight excluding hydrogens is 315 g/mol. The van der Waals surface area contributed by atoms with E-state index in [9.17, 15) is 12.8 Å². The van der Waals surface area contributed by atoms with Crippen LogP contribution < -0.4 is 10.5 Å². The fourth-order valence-electron chi connectivity index (χ4n) is 1.87. The second kappa shape index (κ2) is 5.41. The van der Waals surface area contributed by atoms with Gasteiger partial charge in [-0.05, 0) is 19.1 Å². The molecule has 112 valence electrons. The van der Waals surface area contributed by atoms with Gasteiger partial charge in [0.1, 0.15) is 15.7 Å². The van der Waals surface area contributed by atoms with Gasteiger partial charge in [0, 0.05) is 13.2 Å². The van der Waals surface area contributed by atoms with Crippen molar-refractivity contribution in [2.45, 2.75) is 11.8 Å². The highest BCUT2D eigenvalue weighted by atomic mass is 32.2. The highest BCUT2D eigenvalue weighted by molar-refractivity contribution is 7.93. The zero-order chi connectivity index (χ0) is 15.8. The van der Waals surface area contributed by atoms with Crippen LogP contribution in [0.1, 0.15) is 11.3 Å². The molecule has 21 heavy (non-hydrogen) atoms. The number of aryl methyl sites for hydroxylation is 2. The van der Waals surface area contributed by atoms with Gasteiger partial charge in [-0.3, -0.25) is 9.40 Å². The molecule has 0 amide bonds. The first kappa shape index (κ1) is 15.4. The maximum absolute atomic E-state index is 13.8. The number of rotatable bonds is 4. The van der Waals surface area contributed by atoms with Crippen molar-refractivity contribution in [3.63, 3.8) is 0 Å². The van der Waals surface area contributed by atoms with Crippen LogP contribution in [0.2, 0.25) is 0 Å². The van der Waals surface area contributed by atoms with Gasteiger partial charge in [0.05, 0.1) is 16.9 Å². The molecule has 9 heteroatoms. The molecule has 2 rings (SSSR count). The number of halogens is 1. The van der Waals surface area contributed by atoms with Gasteiger partial charge in [0.2, 0.25) is 0 Å². The van der Waals surface area contributed by atoms with Gasteiger partial charge in [-0.15, -0.1) is 0 Å². The standard InChI is InChI=1S/C12H13FN4O2S2/c1-7-9(6-17(2)15-7)16-21(18,19)10-5-3-4-8(13)11(10)12(14)20/h3-6,16H,1-2H3,(H2,14,20). The molecule has 0 aliphatic carbocycles. The predicted octanol–water partition coefficient (Wildman–Crippen LogP) is 1.30. The van der Waals surface area contributed by atoms with E-state index in [1.165, 1.54) is 23.0 Å². The molecule has 0 saturated carbocycles. The van der Waals surface area contributed by atoms with Crippen molar-refractivity contribution < 1.29 is 12.8 Å². The third-order valence-electron chi connectivity index (χ3n) is 2.77. The smallest absolute Gasteiger partial charge is 0.262 e. The molecule has 0 aliphatic rings. The summed E-state index contributed by atoms with van der Waals surface area (Å²) >= 11 is 4.73. The molecule has 0 saturated heterocycles. The molecule has 0 fully saturated rings. The molecule has 0 unspecified atom stereocenters. The number of benzene rings is 1. The minimum Gasteiger partial charge on any atom is -0.389 e. The van der Waals surface area contributed by atoms with Crippen molar-refractivity contribution in [3.05, 3.63) is 41.5 Å². The van der Waals surface area contributed by atoms with Crippen molar-refractivity contribution in [2.24, 2.45) is 12.8 Å². The van der Waals surface area contributed by atoms with Crippen LogP contribution in [-0.2, 0) is 17.1 Å². The molecule has 6 nitrogen and oxygen atoms in total. The summed E-state index contributed by atoms with van der Waals surface area (Å²) in [6, 6.07) is 3.62. The van der Waals surface area contributed by atoms with Crippen LogP contribution in [0.5, 0.6) is 0 Å². The van der Waals surface area contributed by atoms with E-state index in [1.807, 2.05) is 0 Å². The number of hydrogen-bond donors (Lipinski definition) is 2. The number of nitrogens with zero attached hydrogens (tertiary/aromatic N) is 2. The quantitative estimate of drug-likeness (QED) is 0.826. The zero-order valence-electron chi connectivity index (χ0n) is 11.3. The van der Waals surface area contributed by atoms with Gasteiger partial charge >= 0.3 is 0 Å². The Morgan fingerprint density at radius 2 is 2.14 bits per heavy atom. The lowest BCUT2D eigenvalue weighted by Gasteiger charge is -2.11. The van der Waals surface area contributed by atoms with Crippen molar-refractivity contribution in [1.29, 1.82) is 0 Å². The fraction of sp³-hybridized carbons (Fsp3) is 0.167. The molecule has 0 radical (unpaired) electrons. The monoisotopic (exact) mass is 328 g/mol. The summed E-state index contributed by atoms with van der Waals surface area (Å²) in [4.78, 5) is -0.630. The molecule has 3 N–H and O–H groups in total. The van der Waals surface area contributed by atoms with Crippen LogP contribution in [-0.4, -0.2) is 23.2 Å². The second-order valence-corrected chi connectivity index (χ2v) is 6.48. The Hall–Kier alpha value is -2.00. The molecule has 2 aromatic rings. The van der Waals surface area contributed by atoms with Gasteiger partial charge < -0.3 is 5.73 Å². The van der Waals surface area contributed by atoms with E-state index >= 15 is 0 Å². The highest BCUT2D eigenvalue weighted by Crippen LogP contribution is 2.23. The van der Waals surface area contributed by atoms with Crippen LogP contribution in [0.15, 0.2) is 29.3 Å². The van der Waals surface area contributed by atoms with Crippen molar-refractivity contribution in [1.82, 2.24) is 9.78 Å². The molecule has 1 heterocycles. The first-order valence-corrected chi connectivity index (χ1v) is 7.73. The molecule has 0 atom stereocenters. The number of hydrogen-bond acceptors (Lipinski definition) is 4. The molecular formula is C12H13FN4O2S2.